The smallest absolute Gasteiger partial charge is 0.297 e. The van der Waals surface area contributed by atoms with Crippen molar-refractivity contribution in [2.45, 2.75) is 32.5 Å². The number of carbonyl (C=O) groups is 1. The number of fused-ring (bicyclic) bond motifs is 3. The van der Waals surface area contributed by atoms with Crippen molar-refractivity contribution >= 4 is 45.4 Å². The van der Waals surface area contributed by atoms with Crippen molar-refractivity contribution in [1.29, 1.82) is 0 Å². The summed E-state index contributed by atoms with van der Waals surface area (Å²) < 4.78 is 7.26. The molecule has 0 aliphatic rings. The third kappa shape index (κ3) is 3.78. The molecule has 29 heavy (non-hydrogen) atoms. The Morgan fingerprint density at radius 2 is 1.90 bits per heavy atom. The number of amides is 1. The van der Waals surface area contributed by atoms with Crippen LogP contribution in [0.2, 0.25) is 0 Å². The Labute approximate surface area is 171 Å². The Bertz CT molecular complexity index is 1270. The van der Waals surface area contributed by atoms with Gasteiger partial charge in [0, 0.05) is 17.6 Å². The first-order valence-corrected chi connectivity index (χ1v) is 10.4. The van der Waals surface area contributed by atoms with Crippen molar-refractivity contribution in [1.82, 2.24) is 9.55 Å². The Balaban J connectivity index is 1.62. The zero-order chi connectivity index (χ0) is 20.5. The van der Waals surface area contributed by atoms with Gasteiger partial charge >= 0.3 is 0 Å². The number of hydrogen-bond donors (Lipinski definition) is 1. The summed E-state index contributed by atoms with van der Waals surface area (Å²) in [5.74, 6) is 0.00909. The largest absolute Gasteiger partial charge is 0.448 e. The highest BCUT2D eigenvalue weighted by molar-refractivity contribution is 7.99. The van der Waals surface area contributed by atoms with Gasteiger partial charge in [0.15, 0.2) is 5.16 Å². The quantitative estimate of drug-likeness (QED) is 0.389. The summed E-state index contributed by atoms with van der Waals surface area (Å²) in [5.41, 5.74) is 4.13. The van der Waals surface area contributed by atoms with Crippen LogP contribution in [0, 0.1) is 13.8 Å². The van der Waals surface area contributed by atoms with Gasteiger partial charge in [0.2, 0.25) is 11.5 Å². The Hall–Kier alpha value is -3.06. The van der Waals surface area contributed by atoms with Crippen molar-refractivity contribution in [2.24, 2.45) is 0 Å². The number of anilines is 1. The summed E-state index contributed by atoms with van der Waals surface area (Å²) in [5, 5.41) is 4.22. The lowest BCUT2D eigenvalue weighted by Gasteiger charge is -2.10. The van der Waals surface area contributed by atoms with Gasteiger partial charge in [-0.1, -0.05) is 30.0 Å². The van der Waals surface area contributed by atoms with E-state index in [9.17, 15) is 9.59 Å². The molecule has 0 saturated heterocycles. The van der Waals surface area contributed by atoms with Crippen LogP contribution >= 0.6 is 11.8 Å². The fraction of sp³-hybridized carbons (Fsp3) is 0.227. The Morgan fingerprint density at radius 3 is 2.62 bits per heavy atom. The molecule has 0 spiro atoms. The zero-order valence-corrected chi connectivity index (χ0v) is 17.3. The van der Waals surface area contributed by atoms with Crippen molar-refractivity contribution in [3.8, 4) is 0 Å². The highest BCUT2D eigenvalue weighted by Gasteiger charge is 2.17. The van der Waals surface area contributed by atoms with Crippen LogP contribution in [0.3, 0.4) is 0 Å². The van der Waals surface area contributed by atoms with E-state index < -0.39 is 0 Å². The molecular weight excluding hydrogens is 386 g/mol. The normalized spacial score (nSPS) is 11.3. The molecule has 0 aliphatic heterocycles. The Morgan fingerprint density at radius 1 is 1.17 bits per heavy atom. The number of benzene rings is 2. The second-order valence-corrected chi connectivity index (χ2v) is 7.88. The van der Waals surface area contributed by atoms with Gasteiger partial charge in [0.25, 0.3) is 5.56 Å². The molecule has 0 aliphatic carbocycles. The number of aryl methyl sites for hydroxylation is 2. The first-order chi connectivity index (χ1) is 14.0. The summed E-state index contributed by atoms with van der Waals surface area (Å²) in [6, 6.07) is 13.4. The number of nitrogens with zero attached hydrogens (tertiary/aromatic N) is 2. The molecule has 6 nitrogen and oxygen atoms in total. The van der Waals surface area contributed by atoms with Crippen molar-refractivity contribution in [3.63, 3.8) is 0 Å². The number of carbonyl (C=O) groups excluding carboxylic acids is 1. The highest BCUT2D eigenvalue weighted by atomic mass is 32.2. The number of para-hydroxylation sites is 1. The van der Waals surface area contributed by atoms with Crippen LogP contribution in [0.5, 0.6) is 0 Å². The topological polar surface area (TPSA) is 77.1 Å². The molecule has 2 aromatic heterocycles. The van der Waals surface area contributed by atoms with Crippen LogP contribution in [-0.4, -0.2) is 21.2 Å². The van der Waals surface area contributed by atoms with Gasteiger partial charge in [-0.15, -0.1) is 0 Å². The first kappa shape index (κ1) is 19.3. The minimum absolute atomic E-state index is 0.144. The van der Waals surface area contributed by atoms with Gasteiger partial charge < -0.3 is 9.73 Å². The molecule has 0 radical (unpaired) electrons. The molecule has 0 fully saturated rings. The highest BCUT2D eigenvalue weighted by Crippen LogP contribution is 2.27. The summed E-state index contributed by atoms with van der Waals surface area (Å²) >= 11 is 1.25. The van der Waals surface area contributed by atoms with Gasteiger partial charge in [-0.3, -0.25) is 14.2 Å². The molecular formula is C22H21N3O3S. The van der Waals surface area contributed by atoms with Gasteiger partial charge in [0.05, 0.1) is 5.75 Å². The van der Waals surface area contributed by atoms with E-state index in [4.69, 9.17) is 4.42 Å². The second kappa shape index (κ2) is 7.75. The first-order valence-electron chi connectivity index (χ1n) is 9.39. The average Bonchev–Trinajstić information content (AvgIpc) is 3.05. The lowest BCUT2D eigenvalue weighted by atomic mass is 10.1. The number of thioether (sulfide) groups is 1. The summed E-state index contributed by atoms with van der Waals surface area (Å²) in [4.78, 5) is 30.0. The van der Waals surface area contributed by atoms with Crippen LogP contribution < -0.4 is 10.9 Å². The monoisotopic (exact) mass is 407 g/mol. The molecule has 2 aromatic carbocycles. The maximum absolute atomic E-state index is 12.9. The van der Waals surface area contributed by atoms with Crippen molar-refractivity contribution in [2.75, 3.05) is 11.1 Å². The van der Waals surface area contributed by atoms with Crippen molar-refractivity contribution in [3.05, 3.63) is 63.9 Å². The van der Waals surface area contributed by atoms with Crippen LogP contribution in [0.15, 0.2) is 56.8 Å². The third-order valence-corrected chi connectivity index (χ3v) is 5.58. The van der Waals surface area contributed by atoms with E-state index in [1.165, 1.54) is 11.8 Å². The predicted octanol–water partition coefficient (Wildman–Crippen LogP) is 4.51. The summed E-state index contributed by atoms with van der Waals surface area (Å²) in [7, 11) is 0. The van der Waals surface area contributed by atoms with E-state index in [1.807, 2.05) is 57.2 Å². The molecule has 4 rings (SSSR count). The molecule has 0 bridgehead atoms. The Kier molecular flexibility index (Phi) is 5.15. The molecule has 0 saturated carbocycles. The standard InChI is InChI=1S/C22H21N3O3S/c1-4-25-21(27)20-19(16-7-5-6-8-17(16)28-20)24-22(25)29-12-18(26)23-15-10-13(2)9-14(3)11-15/h5-11H,4,12H2,1-3H3,(H,23,26). The van der Waals surface area contributed by atoms with Crippen LogP contribution in [-0.2, 0) is 11.3 Å². The lowest BCUT2D eigenvalue weighted by molar-refractivity contribution is -0.113. The average molecular weight is 407 g/mol. The van der Waals surface area contributed by atoms with E-state index in [2.05, 4.69) is 16.4 Å². The minimum Gasteiger partial charge on any atom is -0.448 e. The second-order valence-electron chi connectivity index (χ2n) is 6.93. The number of hydrogen-bond acceptors (Lipinski definition) is 5. The van der Waals surface area contributed by atoms with Crippen LogP contribution in [0.4, 0.5) is 5.69 Å². The molecule has 7 heteroatoms. The fourth-order valence-electron chi connectivity index (χ4n) is 3.42. The van der Waals surface area contributed by atoms with Gasteiger partial charge in [-0.2, -0.15) is 0 Å². The molecule has 0 unspecified atom stereocenters. The van der Waals surface area contributed by atoms with E-state index >= 15 is 0 Å². The SMILES string of the molecule is CCn1c(SCC(=O)Nc2cc(C)cc(C)c2)nc2c(oc3ccccc32)c1=O. The predicted molar refractivity (Wildman–Crippen MR) is 117 cm³/mol. The molecule has 0 atom stereocenters. The molecule has 148 valence electrons. The number of aromatic nitrogens is 2. The van der Waals surface area contributed by atoms with E-state index in [0.717, 1.165) is 22.2 Å². The van der Waals surface area contributed by atoms with Crippen LogP contribution in [0.25, 0.3) is 22.1 Å². The minimum atomic E-state index is -0.231. The summed E-state index contributed by atoms with van der Waals surface area (Å²) in [6.45, 7) is 6.30. The van der Waals surface area contributed by atoms with Gasteiger partial charge in [-0.05, 0) is 56.2 Å². The number of rotatable bonds is 5. The van der Waals surface area contributed by atoms with E-state index in [1.54, 1.807) is 4.57 Å². The van der Waals surface area contributed by atoms with Gasteiger partial charge in [0.1, 0.15) is 11.1 Å². The maximum atomic E-state index is 12.9. The molecule has 1 N–H and O–H groups in total. The summed E-state index contributed by atoms with van der Waals surface area (Å²) in [6.07, 6.45) is 0. The number of nitrogens with one attached hydrogen (secondary N) is 1. The lowest BCUT2D eigenvalue weighted by Crippen LogP contribution is -2.23. The number of furan rings is 1. The molecule has 1 amide bonds. The van der Waals surface area contributed by atoms with Crippen LogP contribution in [0.1, 0.15) is 18.1 Å². The molecule has 4 aromatic rings. The van der Waals surface area contributed by atoms with E-state index in [-0.39, 0.29) is 22.8 Å². The van der Waals surface area contributed by atoms with Crippen molar-refractivity contribution < 1.29 is 9.21 Å². The maximum Gasteiger partial charge on any atom is 0.297 e. The molecule has 2 heterocycles. The third-order valence-electron chi connectivity index (χ3n) is 4.60. The zero-order valence-electron chi connectivity index (χ0n) is 16.5. The fourth-order valence-corrected chi connectivity index (χ4v) is 4.27. The van der Waals surface area contributed by atoms with E-state index in [0.29, 0.717) is 22.8 Å². The van der Waals surface area contributed by atoms with Gasteiger partial charge in [-0.25, -0.2) is 4.98 Å².